The van der Waals surface area contributed by atoms with Gasteiger partial charge < -0.3 is 10.1 Å². The number of benzene rings is 2. The fraction of sp³-hybridized carbons (Fsp3) is 0.278. The van der Waals surface area contributed by atoms with Gasteiger partial charge in [0.05, 0.1) is 0 Å². The average Bonchev–Trinajstić information content (AvgIpc) is 2.49. The lowest BCUT2D eigenvalue weighted by Gasteiger charge is -2.18. The number of hydrogen-bond acceptors (Lipinski definition) is 2. The van der Waals surface area contributed by atoms with E-state index in [0.717, 1.165) is 16.8 Å². The monoisotopic (exact) mass is 301 g/mol. The van der Waals surface area contributed by atoms with E-state index in [-0.39, 0.29) is 11.7 Å². The molecule has 116 valence electrons. The topological polar surface area (TPSA) is 38.3 Å². The van der Waals surface area contributed by atoms with Crippen LogP contribution in [0.3, 0.4) is 0 Å². The van der Waals surface area contributed by atoms with Gasteiger partial charge in [0.25, 0.3) is 5.91 Å². The van der Waals surface area contributed by atoms with Crippen molar-refractivity contribution in [2.75, 3.05) is 5.32 Å². The third-order valence-corrected chi connectivity index (χ3v) is 3.41. The van der Waals surface area contributed by atoms with Gasteiger partial charge in [-0.2, -0.15) is 0 Å². The van der Waals surface area contributed by atoms with Crippen molar-refractivity contribution in [2.24, 2.45) is 0 Å². The third-order valence-electron chi connectivity index (χ3n) is 3.41. The molecule has 0 spiro atoms. The Morgan fingerprint density at radius 2 is 1.95 bits per heavy atom. The maximum absolute atomic E-state index is 13.6. The van der Waals surface area contributed by atoms with E-state index in [4.69, 9.17) is 4.74 Å². The van der Waals surface area contributed by atoms with Crippen molar-refractivity contribution in [3.05, 3.63) is 59.4 Å². The first-order chi connectivity index (χ1) is 10.5. The summed E-state index contributed by atoms with van der Waals surface area (Å²) >= 11 is 0. The molecule has 0 heterocycles. The minimum absolute atomic E-state index is 0.0881. The molecule has 1 N–H and O–H groups in total. The number of ether oxygens (including phenoxy) is 1. The van der Waals surface area contributed by atoms with Gasteiger partial charge in [0.2, 0.25) is 0 Å². The highest BCUT2D eigenvalue weighted by molar-refractivity contribution is 5.95. The van der Waals surface area contributed by atoms with Gasteiger partial charge in [-0.05, 0) is 44.0 Å². The quantitative estimate of drug-likeness (QED) is 0.897. The van der Waals surface area contributed by atoms with Crippen molar-refractivity contribution in [2.45, 2.75) is 33.3 Å². The highest BCUT2D eigenvalue weighted by atomic mass is 19.1. The summed E-state index contributed by atoms with van der Waals surface area (Å²) in [6.45, 7) is 5.75. The second-order valence-corrected chi connectivity index (χ2v) is 5.25. The van der Waals surface area contributed by atoms with Crippen LogP contribution in [0, 0.1) is 19.7 Å². The van der Waals surface area contributed by atoms with E-state index in [2.05, 4.69) is 5.32 Å². The molecule has 2 rings (SSSR count). The Morgan fingerprint density at radius 1 is 1.23 bits per heavy atom. The number of halogens is 1. The van der Waals surface area contributed by atoms with Crippen molar-refractivity contribution in [1.82, 2.24) is 0 Å². The zero-order valence-electron chi connectivity index (χ0n) is 13.0. The largest absolute Gasteiger partial charge is 0.478 e. The fourth-order valence-corrected chi connectivity index (χ4v) is 2.18. The Morgan fingerprint density at radius 3 is 2.59 bits per heavy atom. The highest BCUT2D eigenvalue weighted by Gasteiger charge is 2.20. The molecular weight excluding hydrogens is 281 g/mol. The number of para-hydroxylation sites is 1. The van der Waals surface area contributed by atoms with Crippen molar-refractivity contribution >= 4 is 11.6 Å². The Hall–Kier alpha value is -2.36. The Labute approximate surface area is 130 Å². The van der Waals surface area contributed by atoms with Crippen LogP contribution in [0.25, 0.3) is 0 Å². The minimum Gasteiger partial charge on any atom is -0.478 e. The number of amides is 1. The minimum atomic E-state index is -0.738. The first kappa shape index (κ1) is 16.0. The molecule has 0 aliphatic carbocycles. The van der Waals surface area contributed by atoms with Crippen LogP contribution in [0.5, 0.6) is 5.75 Å². The van der Waals surface area contributed by atoms with Gasteiger partial charge in [-0.25, -0.2) is 4.39 Å². The number of anilines is 1. The summed E-state index contributed by atoms with van der Waals surface area (Å²) in [6.07, 6.45) is -0.289. The van der Waals surface area contributed by atoms with Gasteiger partial charge >= 0.3 is 0 Å². The van der Waals surface area contributed by atoms with Crippen molar-refractivity contribution in [3.63, 3.8) is 0 Å². The van der Waals surface area contributed by atoms with Gasteiger partial charge in [-0.3, -0.25) is 4.79 Å². The summed E-state index contributed by atoms with van der Waals surface area (Å²) in [5.41, 5.74) is 2.85. The smallest absolute Gasteiger partial charge is 0.265 e. The number of aryl methyl sites for hydroxylation is 2. The second kappa shape index (κ2) is 7.07. The van der Waals surface area contributed by atoms with Crippen LogP contribution in [0.15, 0.2) is 42.5 Å². The summed E-state index contributed by atoms with van der Waals surface area (Å²) in [5, 5.41) is 2.84. The molecule has 0 fully saturated rings. The summed E-state index contributed by atoms with van der Waals surface area (Å²) in [4.78, 5) is 12.3. The van der Waals surface area contributed by atoms with Gasteiger partial charge in [-0.15, -0.1) is 0 Å². The van der Waals surface area contributed by atoms with E-state index in [1.165, 1.54) is 12.1 Å². The lowest BCUT2D eigenvalue weighted by molar-refractivity contribution is -0.122. The molecule has 0 aliphatic heterocycles. The van der Waals surface area contributed by atoms with E-state index < -0.39 is 11.9 Å². The van der Waals surface area contributed by atoms with Gasteiger partial charge in [0.1, 0.15) is 0 Å². The van der Waals surface area contributed by atoms with Crippen LogP contribution in [0.2, 0.25) is 0 Å². The van der Waals surface area contributed by atoms with Crippen LogP contribution < -0.4 is 10.1 Å². The molecule has 3 nitrogen and oxygen atoms in total. The second-order valence-electron chi connectivity index (χ2n) is 5.25. The first-order valence-corrected chi connectivity index (χ1v) is 7.30. The number of rotatable bonds is 5. The number of hydrogen-bond donors (Lipinski definition) is 1. The Balaban J connectivity index is 2.10. The van der Waals surface area contributed by atoms with Crippen molar-refractivity contribution < 1.29 is 13.9 Å². The Bertz CT molecular complexity index is 670. The lowest BCUT2D eigenvalue weighted by Crippen LogP contribution is -2.32. The zero-order valence-corrected chi connectivity index (χ0v) is 13.0. The molecule has 0 radical (unpaired) electrons. The van der Waals surface area contributed by atoms with E-state index in [1.807, 2.05) is 39.0 Å². The standard InChI is InChI=1S/C18H20FNO2/c1-4-16(22-17-8-6-5-7-14(17)19)18(21)20-15-10-9-12(2)11-13(15)3/h5-11,16H,4H2,1-3H3,(H,20,21). The zero-order chi connectivity index (χ0) is 16.1. The van der Waals surface area contributed by atoms with Crippen molar-refractivity contribution in [3.8, 4) is 5.75 Å². The van der Waals surface area contributed by atoms with Gasteiger partial charge in [0.15, 0.2) is 17.7 Å². The summed E-state index contributed by atoms with van der Waals surface area (Å²) in [6, 6.07) is 11.9. The normalized spacial score (nSPS) is 11.8. The first-order valence-electron chi connectivity index (χ1n) is 7.30. The van der Waals surface area contributed by atoms with E-state index in [1.54, 1.807) is 12.1 Å². The molecular formula is C18H20FNO2. The number of nitrogens with one attached hydrogen (secondary N) is 1. The molecule has 0 saturated carbocycles. The average molecular weight is 301 g/mol. The predicted octanol–water partition coefficient (Wildman–Crippen LogP) is 4.24. The molecule has 2 aromatic carbocycles. The third kappa shape index (κ3) is 3.85. The fourth-order valence-electron chi connectivity index (χ4n) is 2.18. The maximum atomic E-state index is 13.6. The summed E-state index contributed by atoms with van der Waals surface area (Å²) in [5.74, 6) is -0.664. The highest BCUT2D eigenvalue weighted by Crippen LogP contribution is 2.20. The molecule has 1 atom stereocenters. The van der Waals surface area contributed by atoms with Crippen LogP contribution in [-0.2, 0) is 4.79 Å². The molecule has 4 heteroatoms. The molecule has 0 saturated heterocycles. The van der Waals surface area contributed by atoms with Crippen LogP contribution >= 0.6 is 0 Å². The van der Waals surface area contributed by atoms with Crippen LogP contribution in [0.1, 0.15) is 24.5 Å². The SMILES string of the molecule is CCC(Oc1ccccc1F)C(=O)Nc1ccc(C)cc1C. The van der Waals surface area contributed by atoms with E-state index in [0.29, 0.717) is 6.42 Å². The predicted molar refractivity (Wildman–Crippen MR) is 85.7 cm³/mol. The molecule has 0 aliphatic rings. The maximum Gasteiger partial charge on any atom is 0.265 e. The number of carbonyl (C=O) groups excluding carboxylic acids is 1. The van der Waals surface area contributed by atoms with E-state index >= 15 is 0 Å². The molecule has 2 aromatic rings. The molecule has 1 amide bonds. The van der Waals surface area contributed by atoms with Crippen LogP contribution in [0.4, 0.5) is 10.1 Å². The van der Waals surface area contributed by atoms with Gasteiger partial charge in [-0.1, -0.05) is 36.8 Å². The van der Waals surface area contributed by atoms with Gasteiger partial charge in [0, 0.05) is 5.69 Å². The molecule has 0 aromatic heterocycles. The van der Waals surface area contributed by atoms with Crippen LogP contribution in [-0.4, -0.2) is 12.0 Å². The summed E-state index contributed by atoms with van der Waals surface area (Å²) in [7, 11) is 0. The molecule has 1 unspecified atom stereocenters. The van der Waals surface area contributed by atoms with Crippen molar-refractivity contribution in [1.29, 1.82) is 0 Å². The summed E-state index contributed by atoms with van der Waals surface area (Å²) < 4.78 is 19.1. The number of carbonyl (C=O) groups is 1. The van der Waals surface area contributed by atoms with E-state index in [9.17, 15) is 9.18 Å². The molecule has 0 bridgehead atoms. The molecule has 22 heavy (non-hydrogen) atoms. The Kier molecular flexibility index (Phi) is 5.15. The lowest BCUT2D eigenvalue weighted by atomic mass is 10.1.